The first-order valence-corrected chi connectivity index (χ1v) is 8.01. The molecule has 0 saturated carbocycles. The van der Waals surface area contributed by atoms with E-state index in [1.54, 1.807) is 13.2 Å². The van der Waals surface area contributed by atoms with Crippen LogP contribution in [0.5, 0.6) is 5.75 Å². The SMILES string of the molecule is CCCCn1c(-c2ccc(OC)cc2)cc(=O)c2ccccc21. The van der Waals surface area contributed by atoms with E-state index in [0.717, 1.165) is 47.3 Å². The van der Waals surface area contributed by atoms with Crippen LogP contribution in [0.3, 0.4) is 0 Å². The van der Waals surface area contributed by atoms with Gasteiger partial charge in [0.25, 0.3) is 0 Å². The molecule has 0 aliphatic heterocycles. The van der Waals surface area contributed by atoms with Crippen molar-refractivity contribution in [2.75, 3.05) is 7.11 Å². The van der Waals surface area contributed by atoms with Crippen LogP contribution in [-0.4, -0.2) is 11.7 Å². The molecule has 3 heteroatoms. The summed E-state index contributed by atoms with van der Waals surface area (Å²) in [6.45, 7) is 3.08. The van der Waals surface area contributed by atoms with Gasteiger partial charge in [0, 0.05) is 18.0 Å². The molecule has 0 fully saturated rings. The molecule has 0 saturated heterocycles. The normalized spacial score (nSPS) is 10.9. The minimum atomic E-state index is 0.0687. The molecular weight excluding hydrogens is 286 g/mol. The third kappa shape index (κ3) is 3.00. The number of hydrogen-bond acceptors (Lipinski definition) is 2. The standard InChI is InChI=1S/C20H21NO2/c1-3-4-13-21-18-8-6-5-7-17(18)20(22)14-19(21)15-9-11-16(23-2)12-10-15/h5-12,14H,3-4,13H2,1-2H3. The molecule has 1 aromatic heterocycles. The van der Waals surface area contributed by atoms with E-state index < -0.39 is 0 Å². The molecule has 3 aromatic rings. The van der Waals surface area contributed by atoms with Crippen LogP contribution in [0.15, 0.2) is 59.4 Å². The summed E-state index contributed by atoms with van der Waals surface area (Å²) >= 11 is 0. The Morgan fingerprint density at radius 1 is 1.04 bits per heavy atom. The number of para-hydroxylation sites is 1. The van der Waals surface area contributed by atoms with Crippen LogP contribution in [0.25, 0.3) is 22.2 Å². The van der Waals surface area contributed by atoms with Crippen molar-refractivity contribution >= 4 is 10.9 Å². The summed E-state index contributed by atoms with van der Waals surface area (Å²) in [6, 6.07) is 17.5. The fraction of sp³-hybridized carbons (Fsp3) is 0.250. The van der Waals surface area contributed by atoms with Gasteiger partial charge in [0.15, 0.2) is 5.43 Å². The van der Waals surface area contributed by atoms with E-state index in [-0.39, 0.29) is 5.43 Å². The van der Waals surface area contributed by atoms with Crippen molar-refractivity contribution in [2.24, 2.45) is 0 Å². The molecule has 3 rings (SSSR count). The molecule has 0 aliphatic carbocycles. The topological polar surface area (TPSA) is 31.2 Å². The van der Waals surface area contributed by atoms with E-state index >= 15 is 0 Å². The van der Waals surface area contributed by atoms with Crippen LogP contribution < -0.4 is 10.2 Å². The van der Waals surface area contributed by atoms with Crippen LogP contribution in [0.1, 0.15) is 19.8 Å². The third-order valence-corrected chi connectivity index (χ3v) is 4.14. The average Bonchev–Trinajstić information content (AvgIpc) is 2.61. The molecule has 23 heavy (non-hydrogen) atoms. The fourth-order valence-corrected chi connectivity index (χ4v) is 2.89. The van der Waals surface area contributed by atoms with Crippen molar-refractivity contribution in [3.63, 3.8) is 0 Å². The van der Waals surface area contributed by atoms with Crippen LogP contribution in [0, 0.1) is 0 Å². The number of hydrogen-bond donors (Lipinski definition) is 0. The Morgan fingerprint density at radius 3 is 2.48 bits per heavy atom. The van der Waals surface area contributed by atoms with E-state index in [0.29, 0.717) is 0 Å². The van der Waals surface area contributed by atoms with E-state index in [1.165, 1.54) is 0 Å². The van der Waals surface area contributed by atoms with Crippen LogP contribution >= 0.6 is 0 Å². The van der Waals surface area contributed by atoms with Gasteiger partial charge in [0.05, 0.1) is 18.3 Å². The third-order valence-electron chi connectivity index (χ3n) is 4.14. The predicted octanol–water partition coefficient (Wildman–Crippen LogP) is 4.48. The zero-order chi connectivity index (χ0) is 16.2. The second-order valence-electron chi connectivity index (χ2n) is 5.64. The van der Waals surface area contributed by atoms with Crippen molar-refractivity contribution < 1.29 is 4.74 Å². The van der Waals surface area contributed by atoms with Gasteiger partial charge in [0.1, 0.15) is 5.75 Å². The maximum atomic E-state index is 12.5. The van der Waals surface area contributed by atoms with Crippen LogP contribution in [0.4, 0.5) is 0 Å². The number of benzene rings is 2. The number of aromatic nitrogens is 1. The molecule has 2 aromatic carbocycles. The van der Waals surface area contributed by atoms with E-state index in [9.17, 15) is 4.79 Å². The predicted molar refractivity (Wildman–Crippen MR) is 95.1 cm³/mol. The highest BCUT2D eigenvalue weighted by Crippen LogP contribution is 2.25. The molecule has 3 nitrogen and oxygen atoms in total. The van der Waals surface area contributed by atoms with E-state index in [1.807, 2.05) is 48.5 Å². The first kappa shape index (κ1) is 15.3. The number of aryl methyl sites for hydroxylation is 1. The summed E-state index contributed by atoms with van der Waals surface area (Å²) in [4.78, 5) is 12.5. The van der Waals surface area contributed by atoms with Gasteiger partial charge in [-0.1, -0.05) is 25.5 Å². The fourth-order valence-electron chi connectivity index (χ4n) is 2.89. The minimum Gasteiger partial charge on any atom is -0.497 e. The Labute approximate surface area is 136 Å². The van der Waals surface area contributed by atoms with Gasteiger partial charge in [-0.3, -0.25) is 4.79 Å². The summed E-state index contributed by atoms with van der Waals surface area (Å²) in [5, 5.41) is 0.779. The number of ether oxygens (including phenoxy) is 1. The van der Waals surface area contributed by atoms with Crippen LogP contribution in [0.2, 0.25) is 0 Å². The van der Waals surface area contributed by atoms with Crippen LogP contribution in [-0.2, 0) is 6.54 Å². The Hall–Kier alpha value is -2.55. The van der Waals surface area contributed by atoms with E-state index in [2.05, 4.69) is 11.5 Å². The van der Waals surface area contributed by atoms with Crippen molar-refractivity contribution in [1.29, 1.82) is 0 Å². The lowest BCUT2D eigenvalue weighted by Crippen LogP contribution is -2.12. The number of rotatable bonds is 5. The smallest absolute Gasteiger partial charge is 0.190 e. The lowest BCUT2D eigenvalue weighted by Gasteiger charge is -2.17. The summed E-state index contributed by atoms with van der Waals surface area (Å²) in [5.74, 6) is 0.817. The van der Waals surface area contributed by atoms with Gasteiger partial charge >= 0.3 is 0 Å². The van der Waals surface area contributed by atoms with Crippen molar-refractivity contribution in [1.82, 2.24) is 4.57 Å². The Kier molecular flexibility index (Phi) is 4.47. The quantitative estimate of drug-likeness (QED) is 0.696. The van der Waals surface area contributed by atoms with Crippen molar-refractivity contribution in [3.05, 3.63) is 64.8 Å². The Bertz CT molecular complexity index is 863. The van der Waals surface area contributed by atoms with Gasteiger partial charge < -0.3 is 9.30 Å². The van der Waals surface area contributed by atoms with Gasteiger partial charge in [-0.05, 0) is 48.4 Å². The van der Waals surface area contributed by atoms with Gasteiger partial charge in [-0.2, -0.15) is 0 Å². The molecule has 0 bridgehead atoms. The number of nitrogens with zero attached hydrogens (tertiary/aromatic N) is 1. The summed E-state index contributed by atoms with van der Waals surface area (Å²) in [7, 11) is 1.65. The largest absolute Gasteiger partial charge is 0.497 e. The zero-order valence-electron chi connectivity index (χ0n) is 13.6. The molecule has 0 N–H and O–H groups in total. The molecule has 0 atom stereocenters. The second-order valence-corrected chi connectivity index (χ2v) is 5.64. The Balaban J connectivity index is 2.23. The molecular formula is C20H21NO2. The van der Waals surface area contributed by atoms with E-state index in [4.69, 9.17) is 4.74 Å². The van der Waals surface area contributed by atoms with Crippen molar-refractivity contribution in [3.8, 4) is 17.0 Å². The molecule has 0 radical (unpaired) electrons. The lowest BCUT2D eigenvalue weighted by atomic mass is 10.1. The highest BCUT2D eigenvalue weighted by molar-refractivity contribution is 5.82. The lowest BCUT2D eigenvalue weighted by molar-refractivity contribution is 0.415. The number of fused-ring (bicyclic) bond motifs is 1. The highest BCUT2D eigenvalue weighted by atomic mass is 16.5. The van der Waals surface area contributed by atoms with Gasteiger partial charge in [-0.15, -0.1) is 0 Å². The maximum absolute atomic E-state index is 12.5. The molecule has 118 valence electrons. The highest BCUT2D eigenvalue weighted by Gasteiger charge is 2.10. The molecule has 1 heterocycles. The minimum absolute atomic E-state index is 0.0687. The molecule has 0 amide bonds. The number of pyridine rings is 1. The second kappa shape index (κ2) is 6.69. The maximum Gasteiger partial charge on any atom is 0.190 e. The molecule has 0 aliphatic rings. The monoisotopic (exact) mass is 307 g/mol. The molecule has 0 unspecified atom stereocenters. The Morgan fingerprint density at radius 2 is 1.78 bits per heavy atom. The molecule has 0 spiro atoms. The first-order valence-electron chi connectivity index (χ1n) is 8.01. The first-order chi connectivity index (χ1) is 11.2. The summed E-state index contributed by atoms with van der Waals surface area (Å²) in [5.41, 5.74) is 3.06. The number of unbranched alkanes of at least 4 members (excludes halogenated alkanes) is 1. The summed E-state index contributed by atoms with van der Waals surface area (Å²) in [6.07, 6.45) is 2.19. The van der Waals surface area contributed by atoms with Gasteiger partial charge in [-0.25, -0.2) is 0 Å². The average molecular weight is 307 g/mol. The summed E-state index contributed by atoms with van der Waals surface area (Å²) < 4.78 is 7.48. The van der Waals surface area contributed by atoms with Crippen molar-refractivity contribution in [2.45, 2.75) is 26.3 Å². The zero-order valence-corrected chi connectivity index (χ0v) is 13.6. The number of methoxy groups -OCH3 is 1. The van der Waals surface area contributed by atoms with Gasteiger partial charge in [0.2, 0.25) is 0 Å².